The van der Waals surface area contributed by atoms with Crippen molar-refractivity contribution in [3.8, 4) is 11.3 Å². The number of nitrogens with one attached hydrogen (secondary N) is 1. The second-order valence-corrected chi connectivity index (χ2v) is 7.48. The fourth-order valence-electron chi connectivity index (χ4n) is 2.12. The SMILES string of the molecule is CCSCc1nc(-c2ccccc2)c(CNC2CC2)s1. The summed E-state index contributed by atoms with van der Waals surface area (Å²) >= 11 is 3.81. The minimum absolute atomic E-state index is 0.745. The maximum Gasteiger partial charge on any atom is 0.103 e. The van der Waals surface area contributed by atoms with Gasteiger partial charge in [-0.3, -0.25) is 0 Å². The molecule has 0 atom stereocenters. The van der Waals surface area contributed by atoms with Gasteiger partial charge in [0.2, 0.25) is 0 Å². The lowest BCUT2D eigenvalue weighted by Gasteiger charge is -2.03. The minimum atomic E-state index is 0.745. The number of aromatic nitrogens is 1. The molecule has 0 bridgehead atoms. The van der Waals surface area contributed by atoms with E-state index in [0.29, 0.717) is 0 Å². The van der Waals surface area contributed by atoms with Crippen molar-refractivity contribution in [1.82, 2.24) is 10.3 Å². The fraction of sp³-hybridized carbons (Fsp3) is 0.438. The Bertz CT molecular complexity index is 547. The highest BCUT2D eigenvalue weighted by atomic mass is 32.2. The molecule has 1 aliphatic carbocycles. The van der Waals surface area contributed by atoms with Gasteiger partial charge in [-0.2, -0.15) is 11.8 Å². The highest BCUT2D eigenvalue weighted by molar-refractivity contribution is 7.98. The first kappa shape index (κ1) is 14.1. The van der Waals surface area contributed by atoms with E-state index in [1.165, 1.54) is 34.0 Å². The molecule has 0 radical (unpaired) electrons. The van der Waals surface area contributed by atoms with E-state index in [-0.39, 0.29) is 0 Å². The van der Waals surface area contributed by atoms with E-state index in [1.54, 1.807) is 0 Å². The zero-order chi connectivity index (χ0) is 13.8. The van der Waals surface area contributed by atoms with Crippen molar-refractivity contribution >= 4 is 23.1 Å². The molecule has 0 spiro atoms. The topological polar surface area (TPSA) is 24.9 Å². The maximum atomic E-state index is 4.87. The Balaban J connectivity index is 1.82. The van der Waals surface area contributed by atoms with E-state index in [1.807, 2.05) is 23.1 Å². The Morgan fingerprint density at radius 3 is 2.80 bits per heavy atom. The molecule has 106 valence electrons. The monoisotopic (exact) mass is 304 g/mol. The first-order chi connectivity index (χ1) is 9.86. The number of nitrogens with zero attached hydrogens (tertiary/aromatic N) is 1. The van der Waals surface area contributed by atoms with Gasteiger partial charge in [0.05, 0.1) is 5.69 Å². The highest BCUT2D eigenvalue weighted by Crippen LogP contribution is 2.31. The zero-order valence-electron chi connectivity index (χ0n) is 11.8. The van der Waals surface area contributed by atoms with E-state index in [2.05, 4.69) is 42.6 Å². The minimum Gasteiger partial charge on any atom is -0.309 e. The summed E-state index contributed by atoms with van der Waals surface area (Å²) in [4.78, 5) is 6.26. The standard InChI is InChI=1S/C16H20N2S2/c1-2-19-11-15-18-16(12-6-4-3-5-7-12)14(20-15)10-17-13-8-9-13/h3-7,13,17H,2,8-11H2,1H3. The van der Waals surface area contributed by atoms with E-state index in [9.17, 15) is 0 Å². The summed E-state index contributed by atoms with van der Waals surface area (Å²) in [7, 11) is 0. The van der Waals surface area contributed by atoms with Crippen molar-refractivity contribution in [3.05, 3.63) is 40.2 Å². The molecule has 1 N–H and O–H groups in total. The van der Waals surface area contributed by atoms with Crippen LogP contribution in [0.5, 0.6) is 0 Å². The van der Waals surface area contributed by atoms with Gasteiger partial charge in [-0.15, -0.1) is 11.3 Å². The van der Waals surface area contributed by atoms with Crippen LogP contribution in [0.3, 0.4) is 0 Å². The van der Waals surface area contributed by atoms with Gasteiger partial charge in [-0.05, 0) is 18.6 Å². The van der Waals surface area contributed by atoms with Crippen LogP contribution in [0.4, 0.5) is 0 Å². The second-order valence-electron chi connectivity index (χ2n) is 5.04. The largest absolute Gasteiger partial charge is 0.309 e. The van der Waals surface area contributed by atoms with Gasteiger partial charge in [0.15, 0.2) is 0 Å². The summed E-state index contributed by atoms with van der Waals surface area (Å²) < 4.78 is 0. The third-order valence-electron chi connectivity index (χ3n) is 3.35. The maximum absolute atomic E-state index is 4.87. The molecule has 1 fully saturated rings. The van der Waals surface area contributed by atoms with Crippen LogP contribution in [0, 0.1) is 0 Å². The second kappa shape index (κ2) is 6.74. The molecule has 2 nitrogen and oxygen atoms in total. The summed E-state index contributed by atoms with van der Waals surface area (Å²) in [5.41, 5.74) is 2.42. The van der Waals surface area contributed by atoms with Gasteiger partial charge in [0, 0.05) is 28.8 Å². The van der Waals surface area contributed by atoms with Crippen LogP contribution in [-0.2, 0) is 12.3 Å². The van der Waals surface area contributed by atoms with Crippen LogP contribution in [0.1, 0.15) is 29.7 Å². The summed E-state index contributed by atoms with van der Waals surface area (Å²) in [5, 5.41) is 4.87. The third kappa shape index (κ3) is 3.62. The molecule has 1 aliphatic rings. The molecule has 0 amide bonds. The number of hydrogen-bond donors (Lipinski definition) is 1. The predicted octanol–water partition coefficient (Wildman–Crippen LogP) is 4.32. The number of hydrogen-bond acceptors (Lipinski definition) is 4. The predicted molar refractivity (Wildman–Crippen MR) is 89.2 cm³/mol. The molecule has 1 saturated carbocycles. The van der Waals surface area contributed by atoms with Crippen LogP contribution in [0.25, 0.3) is 11.3 Å². The van der Waals surface area contributed by atoms with Crippen molar-refractivity contribution in [1.29, 1.82) is 0 Å². The van der Waals surface area contributed by atoms with Crippen LogP contribution in [0.15, 0.2) is 30.3 Å². The van der Waals surface area contributed by atoms with E-state index in [0.717, 1.165) is 24.1 Å². The van der Waals surface area contributed by atoms with Crippen LogP contribution < -0.4 is 5.32 Å². The Hall–Kier alpha value is -0.840. The van der Waals surface area contributed by atoms with Gasteiger partial charge in [0.25, 0.3) is 0 Å². The first-order valence-electron chi connectivity index (χ1n) is 7.22. The molecular formula is C16H20N2S2. The lowest BCUT2D eigenvalue weighted by atomic mass is 10.1. The average molecular weight is 304 g/mol. The van der Waals surface area contributed by atoms with Crippen LogP contribution in [-0.4, -0.2) is 16.8 Å². The molecule has 0 aliphatic heterocycles. The van der Waals surface area contributed by atoms with Gasteiger partial charge < -0.3 is 5.32 Å². The molecule has 0 saturated heterocycles. The highest BCUT2D eigenvalue weighted by Gasteiger charge is 2.21. The van der Waals surface area contributed by atoms with Crippen LogP contribution in [0.2, 0.25) is 0 Å². The van der Waals surface area contributed by atoms with Crippen LogP contribution >= 0.6 is 23.1 Å². The Morgan fingerprint density at radius 2 is 2.10 bits per heavy atom. The van der Waals surface area contributed by atoms with Gasteiger partial charge in [-0.1, -0.05) is 37.3 Å². The summed E-state index contributed by atoms with van der Waals surface area (Å²) in [6.45, 7) is 3.16. The molecule has 1 heterocycles. The summed E-state index contributed by atoms with van der Waals surface area (Å²) in [6.07, 6.45) is 2.66. The quantitative estimate of drug-likeness (QED) is 0.825. The number of thioether (sulfide) groups is 1. The Kier molecular flexibility index (Phi) is 4.76. The Labute approximate surface area is 129 Å². The smallest absolute Gasteiger partial charge is 0.103 e. The van der Waals surface area contributed by atoms with E-state index < -0.39 is 0 Å². The molecule has 4 heteroatoms. The van der Waals surface area contributed by atoms with Crippen molar-refractivity contribution in [2.45, 2.75) is 38.1 Å². The van der Waals surface area contributed by atoms with Crippen molar-refractivity contribution in [2.75, 3.05) is 5.75 Å². The lowest BCUT2D eigenvalue weighted by molar-refractivity contribution is 0.695. The van der Waals surface area contributed by atoms with Crippen molar-refractivity contribution in [3.63, 3.8) is 0 Å². The van der Waals surface area contributed by atoms with Gasteiger partial charge >= 0.3 is 0 Å². The lowest BCUT2D eigenvalue weighted by Crippen LogP contribution is -2.14. The molecule has 2 aromatic rings. The Morgan fingerprint density at radius 1 is 1.30 bits per heavy atom. The number of rotatable bonds is 7. The first-order valence-corrected chi connectivity index (χ1v) is 9.19. The van der Waals surface area contributed by atoms with E-state index >= 15 is 0 Å². The fourth-order valence-corrected chi connectivity index (χ4v) is 3.88. The molecule has 0 unspecified atom stereocenters. The third-order valence-corrected chi connectivity index (χ3v) is 5.47. The van der Waals surface area contributed by atoms with E-state index in [4.69, 9.17) is 4.98 Å². The summed E-state index contributed by atoms with van der Waals surface area (Å²) in [5.74, 6) is 2.18. The summed E-state index contributed by atoms with van der Waals surface area (Å²) in [6, 6.07) is 11.3. The normalized spacial score (nSPS) is 14.7. The van der Waals surface area contributed by atoms with Crippen molar-refractivity contribution < 1.29 is 0 Å². The average Bonchev–Trinajstić information content (AvgIpc) is 3.23. The molecule has 20 heavy (non-hydrogen) atoms. The zero-order valence-corrected chi connectivity index (χ0v) is 13.4. The molecule has 1 aromatic carbocycles. The van der Waals surface area contributed by atoms with Gasteiger partial charge in [0.1, 0.15) is 5.01 Å². The van der Waals surface area contributed by atoms with Gasteiger partial charge in [-0.25, -0.2) is 4.98 Å². The molecule has 1 aromatic heterocycles. The molecule has 3 rings (SSSR count). The number of benzene rings is 1. The number of thiazole rings is 1. The van der Waals surface area contributed by atoms with Crippen molar-refractivity contribution in [2.24, 2.45) is 0 Å². The molecular weight excluding hydrogens is 284 g/mol.